The molecule has 0 radical (unpaired) electrons. The van der Waals surface area contributed by atoms with E-state index in [1.807, 2.05) is 24.3 Å². The van der Waals surface area contributed by atoms with E-state index >= 15 is 0 Å². The van der Waals surface area contributed by atoms with Crippen molar-refractivity contribution >= 4 is 24.1 Å². The molecule has 0 N–H and O–H groups in total. The van der Waals surface area contributed by atoms with Gasteiger partial charge in [0.15, 0.2) is 0 Å². The standard InChI is InChI=1S/C28H30O9/c1-31-21-11-7-9-19(17-21)13-15-27(16-14-20-10-8-12-22(18-20)32-2)23(25(29)33-3)24(26(30)34-4)28(35-5,36-6)37-27/h7-18H,1-6H3/b15-13+,16-14+. The number of carbonyl (C=O) groups excluding carboxylic acids is 2. The topological polar surface area (TPSA) is 98.8 Å². The van der Waals surface area contributed by atoms with Crippen molar-refractivity contribution in [3.63, 3.8) is 0 Å². The van der Waals surface area contributed by atoms with Crippen molar-refractivity contribution in [1.29, 1.82) is 0 Å². The highest BCUT2D eigenvalue weighted by molar-refractivity contribution is 6.05. The molecule has 0 aliphatic carbocycles. The summed E-state index contributed by atoms with van der Waals surface area (Å²) < 4.78 is 38.0. The van der Waals surface area contributed by atoms with Crippen molar-refractivity contribution in [3.05, 3.63) is 83.0 Å². The number of rotatable bonds is 10. The highest BCUT2D eigenvalue weighted by Crippen LogP contribution is 2.47. The van der Waals surface area contributed by atoms with Crippen molar-refractivity contribution in [1.82, 2.24) is 0 Å². The van der Waals surface area contributed by atoms with Gasteiger partial charge in [0.05, 0.1) is 34.0 Å². The van der Waals surface area contributed by atoms with Crippen LogP contribution in [-0.2, 0) is 33.3 Å². The molecule has 37 heavy (non-hydrogen) atoms. The minimum absolute atomic E-state index is 0.163. The maximum atomic E-state index is 13.2. The molecule has 0 saturated carbocycles. The quantitative estimate of drug-likeness (QED) is 0.349. The lowest BCUT2D eigenvalue weighted by atomic mass is 9.89. The first-order valence-corrected chi connectivity index (χ1v) is 11.2. The van der Waals surface area contributed by atoms with E-state index in [1.165, 1.54) is 28.4 Å². The first kappa shape index (κ1) is 27.7. The highest BCUT2D eigenvalue weighted by atomic mass is 16.9. The summed E-state index contributed by atoms with van der Waals surface area (Å²) in [4.78, 5) is 26.2. The zero-order chi connectivity index (χ0) is 27.1. The van der Waals surface area contributed by atoms with Gasteiger partial charge in [-0.05, 0) is 47.5 Å². The molecule has 2 aromatic carbocycles. The third-order valence-corrected chi connectivity index (χ3v) is 5.80. The Kier molecular flexibility index (Phi) is 8.88. The second-order valence-electron chi connectivity index (χ2n) is 7.81. The van der Waals surface area contributed by atoms with Crippen LogP contribution in [0.15, 0.2) is 71.8 Å². The molecule has 9 nitrogen and oxygen atoms in total. The van der Waals surface area contributed by atoms with E-state index in [-0.39, 0.29) is 11.1 Å². The molecule has 0 saturated heterocycles. The van der Waals surface area contributed by atoms with Crippen molar-refractivity contribution in [3.8, 4) is 11.5 Å². The van der Waals surface area contributed by atoms with Crippen LogP contribution in [0.2, 0.25) is 0 Å². The Hall–Kier alpha value is -3.92. The first-order valence-electron chi connectivity index (χ1n) is 11.2. The number of esters is 2. The normalized spacial score (nSPS) is 16.3. The number of hydrogen-bond donors (Lipinski definition) is 0. The lowest BCUT2D eigenvalue weighted by molar-refractivity contribution is -0.341. The smallest absolute Gasteiger partial charge is 0.342 e. The van der Waals surface area contributed by atoms with E-state index in [4.69, 9.17) is 33.2 Å². The Balaban J connectivity index is 2.30. The van der Waals surface area contributed by atoms with Crippen LogP contribution in [0.5, 0.6) is 11.5 Å². The second-order valence-corrected chi connectivity index (χ2v) is 7.81. The van der Waals surface area contributed by atoms with Gasteiger partial charge in [-0.25, -0.2) is 9.59 Å². The number of methoxy groups -OCH3 is 6. The van der Waals surface area contributed by atoms with Gasteiger partial charge in [0.2, 0.25) is 0 Å². The molecule has 1 aliphatic heterocycles. The fraction of sp³-hybridized carbons (Fsp3) is 0.286. The largest absolute Gasteiger partial charge is 0.497 e. The third kappa shape index (κ3) is 5.59. The summed E-state index contributed by atoms with van der Waals surface area (Å²) in [7, 11) is 8.08. The zero-order valence-corrected chi connectivity index (χ0v) is 21.6. The summed E-state index contributed by atoms with van der Waals surface area (Å²) in [5.41, 5.74) is -0.628. The molecule has 196 valence electrons. The fourth-order valence-corrected chi connectivity index (χ4v) is 3.96. The van der Waals surface area contributed by atoms with E-state index in [1.54, 1.807) is 62.8 Å². The minimum atomic E-state index is -2.06. The van der Waals surface area contributed by atoms with Crippen molar-refractivity contribution in [2.75, 3.05) is 42.7 Å². The summed E-state index contributed by atoms with van der Waals surface area (Å²) in [6.07, 6.45) is 6.65. The van der Waals surface area contributed by atoms with Crippen LogP contribution in [0.1, 0.15) is 11.1 Å². The molecule has 0 atom stereocenters. The van der Waals surface area contributed by atoms with Crippen LogP contribution < -0.4 is 9.47 Å². The number of carbonyl (C=O) groups is 2. The maximum Gasteiger partial charge on any atom is 0.342 e. The predicted molar refractivity (Wildman–Crippen MR) is 136 cm³/mol. The lowest BCUT2D eigenvalue weighted by Crippen LogP contribution is -2.42. The van der Waals surface area contributed by atoms with Gasteiger partial charge in [-0.15, -0.1) is 0 Å². The Morgan fingerprint density at radius 3 is 1.57 bits per heavy atom. The van der Waals surface area contributed by atoms with Crippen LogP contribution in [-0.4, -0.2) is 66.2 Å². The Labute approximate surface area is 215 Å². The molecule has 1 aliphatic rings. The van der Waals surface area contributed by atoms with Crippen LogP contribution >= 0.6 is 0 Å². The number of benzene rings is 2. The van der Waals surface area contributed by atoms with Crippen LogP contribution in [0.4, 0.5) is 0 Å². The minimum Gasteiger partial charge on any atom is -0.497 e. The summed E-state index contributed by atoms with van der Waals surface area (Å²) in [6, 6.07) is 14.5. The molecule has 2 aromatic rings. The molecular formula is C28H30O9. The van der Waals surface area contributed by atoms with Gasteiger partial charge in [-0.2, -0.15) is 0 Å². The van der Waals surface area contributed by atoms with Gasteiger partial charge in [0, 0.05) is 14.2 Å². The average molecular weight is 511 g/mol. The van der Waals surface area contributed by atoms with Gasteiger partial charge in [0.25, 0.3) is 0 Å². The summed E-state index contributed by atoms with van der Waals surface area (Å²) >= 11 is 0. The molecule has 0 spiro atoms. The highest BCUT2D eigenvalue weighted by Gasteiger charge is 2.60. The Bertz CT molecular complexity index is 1160. The Morgan fingerprint density at radius 2 is 1.16 bits per heavy atom. The molecule has 0 fully saturated rings. The molecule has 0 unspecified atom stereocenters. The van der Waals surface area contributed by atoms with Gasteiger partial charge in [-0.3, -0.25) is 0 Å². The van der Waals surface area contributed by atoms with E-state index in [2.05, 4.69) is 0 Å². The SMILES string of the molecule is COC(=O)C1=C(C(=O)OC)C(OC)(OC)OC1(/C=C/c1cccc(OC)c1)/C=C/c1cccc(OC)c1. The molecule has 3 rings (SSSR count). The van der Waals surface area contributed by atoms with E-state index < -0.39 is 23.5 Å². The van der Waals surface area contributed by atoms with E-state index in [0.717, 1.165) is 11.1 Å². The van der Waals surface area contributed by atoms with Gasteiger partial charge < -0.3 is 33.2 Å². The van der Waals surface area contributed by atoms with Crippen molar-refractivity contribution < 1.29 is 42.7 Å². The predicted octanol–water partition coefficient (Wildman–Crippen LogP) is 3.79. The molecular weight excluding hydrogens is 480 g/mol. The van der Waals surface area contributed by atoms with E-state index in [0.29, 0.717) is 11.5 Å². The molecule has 0 amide bonds. The number of ether oxygens (including phenoxy) is 7. The van der Waals surface area contributed by atoms with Crippen molar-refractivity contribution in [2.24, 2.45) is 0 Å². The second kappa shape index (κ2) is 11.9. The van der Waals surface area contributed by atoms with E-state index in [9.17, 15) is 9.59 Å². The molecule has 0 aromatic heterocycles. The average Bonchev–Trinajstić information content (AvgIpc) is 3.25. The molecule has 1 heterocycles. The summed E-state index contributed by atoms with van der Waals surface area (Å²) in [5.74, 6) is -2.50. The maximum absolute atomic E-state index is 13.2. The molecule has 0 bridgehead atoms. The summed E-state index contributed by atoms with van der Waals surface area (Å²) in [5, 5.41) is 0. The number of hydrogen-bond acceptors (Lipinski definition) is 9. The summed E-state index contributed by atoms with van der Waals surface area (Å²) in [6.45, 7) is 0. The van der Waals surface area contributed by atoms with Gasteiger partial charge in [-0.1, -0.05) is 36.4 Å². The lowest BCUT2D eigenvalue weighted by Gasteiger charge is -2.31. The van der Waals surface area contributed by atoms with Gasteiger partial charge >= 0.3 is 17.9 Å². The fourth-order valence-electron chi connectivity index (χ4n) is 3.96. The van der Waals surface area contributed by atoms with Crippen LogP contribution in [0, 0.1) is 0 Å². The van der Waals surface area contributed by atoms with Crippen LogP contribution in [0.3, 0.4) is 0 Å². The first-order chi connectivity index (χ1) is 17.8. The molecule has 9 heteroatoms. The van der Waals surface area contributed by atoms with Gasteiger partial charge in [0.1, 0.15) is 22.7 Å². The monoisotopic (exact) mass is 510 g/mol. The zero-order valence-electron chi connectivity index (χ0n) is 21.6. The van der Waals surface area contributed by atoms with Crippen molar-refractivity contribution in [2.45, 2.75) is 11.6 Å². The van der Waals surface area contributed by atoms with Crippen LogP contribution in [0.25, 0.3) is 12.2 Å². The third-order valence-electron chi connectivity index (χ3n) is 5.80. The Morgan fingerprint density at radius 1 is 0.703 bits per heavy atom.